The molecule has 1 fully saturated rings. The van der Waals surface area contributed by atoms with E-state index in [4.69, 9.17) is 5.73 Å². The molecule has 0 amide bonds. The van der Waals surface area contributed by atoms with Crippen molar-refractivity contribution in [1.29, 1.82) is 0 Å². The fourth-order valence-corrected chi connectivity index (χ4v) is 3.25. The van der Waals surface area contributed by atoms with Gasteiger partial charge in [0, 0.05) is 12.6 Å². The van der Waals surface area contributed by atoms with Crippen molar-refractivity contribution in [1.82, 2.24) is 4.90 Å². The summed E-state index contributed by atoms with van der Waals surface area (Å²) in [6.45, 7) is 15.0. The SMILES string of the molecule is CC(C)C1CCCN1CC(CN)CC(C)(C)C. The number of hydrogen-bond donors (Lipinski definition) is 1. The van der Waals surface area contributed by atoms with E-state index in [9.17, 15) is 0 Å². The van der Waals surface area contributed by atoms with Gasteiger partial charge in [0.1, 0.15) is 0 Å². The van der Waals surface area contributed by atoms with Gasteiger partial charge in [0.05, 0.1) is 0 Å². The zero-order chi connectivity index (χ0) is 13.1. The first kappa shape index (κ1) is 15.0. The van der Waals surface area contributed by atoms with Crippen molar-refractivity contribution in [3.05, 3.63) is 0 Å². The van der Waals surface area contributed by atoms with Gasteiger partial charge in [-0.15, -0.1) is 0 Å². The molecule has 0 saturated carbocycles. The molecule has 2 atom stereocenters. The zero-order valence-electron chi connectivity index (χ0n) is 12.5. The molecule has 2 heteroatoms. The quantitative estimate of drug-likeness (QED) is 0.800. The fraction of sp³-hybridized carbons (Fsp3) is 1.00. The van der Waals surface area contributed by atoms with Crippen molar-refractivity contribution in [2.45, 2.75) is 59.9 Å². The van der Waals surface area contributed by atoms with Gasteiger partial charge in [-0.3, -0.25) is 4.90 Å². The lowest BCUT2D eigenvalue weighted by molar-refractivity contribution is 0.156. The van der Waals surface area contributed by atoms with Gasteiger partial charge in [0.25, 0.3) is 0 Å². The highest BCUT2D eigenvalue weighted by Crippen LogP contribution is 2.28. The number of likely N-dealkylation sites (tertiary alicyclic amines) is 1. The molecular formula is C15H32N2. The molecule has 1 saturated heterocycles. The Bertz CT molecular complexity index is 217. The minimum atomic E-state index is 0.400. The molecule has 0 spiro atoms. The maximum atomic E-state index is 5.95. The average molecular weight is 240 g/mol. The van der Waals surface area contributed by atoms with Crippen LogP contribution in [0.25, 0.3) is 0 Å². The minimum Gasteiger partial charge on any atom is -0.330 e. The lowest BCUT2D eigenvalue weighted by atomic mass is 9.84. The monoisotopic (exact) mass is 240 g/mol. The van der Waals surface area contributed by atoms with Crippen LogP contribution in [-0.2, 0) is 0 Å². The van der Waals surface area contributed by atoms with E-state index in [1.54, 1.807) is 0 Å². The lowest BCUT2D eigenvalue weighted by Gasteiger charge is -2.33. The molecule has 102 valence electrons. The van der Waals surface area contributed by atoms with E-state index in [1.807, 2.05) is 0 Å². The molecular weight excluding hydrogens is 208 g/mol. The van der Waals surface area contributed by atoms with Crippen LogP contribution in [0.3, 0.4) is 0 Å². The van der Waals surface area contributed by atoms with Gasteiger partial charge in [-0.25, -0.2) is 0 Å². The van der Waals surface area contributed by atoms with Crippen LogP contribution in [0.4, 0.5) is 0 Å². The Morgan fingerprint density at radius 3 is 2.41 bits per heavy atom. The molecule has 1 aliphatic heterocycles. The molecule has 17 heavy (non-hydrogen) atoms. The summed E-state index contributed by atoms with van der Waals surface area (Å²) in [5.41, 5.74) is 6.35. The van der Waals surface area contributed by atoms with Crippen LogP contribution in [0.2, 0.25) is 0 Å². The number of nitrogens with zero attached hydrogens (tertiary/aromatic N) is 1. The van der Waals surface area contributed by atoms with Gasteiger partial charge in [0.2, 0.25) is 0 Å². The molecule has 0 aromatic heterocycles. The van der Waals surface area contributed by atoms with Crippen molar-refractivity contribution in [2.24, 2.45) is 23.0 Å². The molecule has 2 unspecified atom stereocenters. The van der Waals surface area contributed by atoms with E-state index in [1.165, 1.54) is 32.4 Å². The third kappa shape index (κ3) is 4.97. The van der Waals surface area contributed by atoms with Gasteiger partial charge < -0.3 is 5.73 Å². The molecule has 1 rings (SSSR count). The summed E-state index contributed by atoms with van der Waals surface area (Å²) in [7, 11) is 0. The summed E-state index contributed by atoms with van der Waals surface area (Å²) in [4.78, 5) is 2.69. The normalized spacial score (nSPS) is 24.5. The summed E-state index contributed by atoms with van der Waals surface area (Å²) in [6, 6.07) is 0.795. The van der Waals surface area contributed by atoms with Crippen LogP contribution in [-0.4, -0.2) is 30.6 Å². The number of rotatable bonds is 5. The molecule has 2 nitrogen and oxygen atoms in total. The van der Waals surface area contributed by atoms with E-state index >= 15 is 0 Å². The molecule has 0 aliphatic carbocycles. The average Bonchev–Trinajstić information content (AvgIpc) is 2.62. The van der Waals surface area contributed by atoms with E-state index in [-0.39, 0.29) is 0 Å². The first-order valence-corrected chi connectivity index (χ1v) is 7.27. The summed E-state index contributed by atoms with van der Waals surface area (Å²) in [5.74, 6) is 1.44. The molecule has 1 heterocycles. The molecule has 1 aliphatic rings. The largest absolute Gasteiger partial charge is 0.330 e. The Morgan fingerprint density at radius 2 is 1.94 bits per heavy atom. The minimum absolute atomic E-state index is 0.400. The second-order valence-corrected chi connectivity index (χ2v) is 7.32. The maximum absolute atomic E-state index is 5.95. The second kappa shape index (κ2) is 6.19. The molecule has 0 radical (unpaired) electrons. The van der Waals surface area contributed by atoms with Crippen LogP contribution < -0.4 is 5.73 Å². The van der Waals surface area contributed by atoms with Crippen LogP contribution in [0.5, 0.6) is 0 Å². The fourth-order valence-electron chi connectivity index (χ4n) is 3.25. The molecule has 2 N–H and O–H groups in total. The summed E-state index contributed by atoms with van der Waals surface area (Å²) in [6.07, 6.45) is 3.99. The van der Waals surface area contributed by atoms with E-state index in [2.05, 4.69) is 39.5 Å². The zero-order valence-corrected chi connectivity index (χ0v) is 12.5. The highest BCUT2D eigenvalue weighted by molar-refractivity contribution is 4.84. The van der Waals surface area contributed by atoms with Crippen LogP contribution >= 0.6 is 0 Å². The standard InChI is InChI=1S/C15H32N2/c1-12(2)14-7-6-8-17(14)11-13(10-16)9-15(3,4)5/h12-14H,6-11,16H2,1-5H3. The lowest BCUT2D eigenvalue weighted by Crippen LogP contribution is -2.40. The highest BCUT2D eigenvalue weighted by atomic mass is 15.2. The first-order valence-electron chi connectivity index (χ1n) is 7.27. The van der Waals surface area contributed by atoms with E-state index in [0.29, 0.717) is 11.3 Å². The maximum Gasteiger partial charge on any atom is 0.0119 e. The Kier molecular flexibility index (Phi) is 5.46. The van der Waals surface area contributed by atoms with Gasteiger partial charge in [0.15, 0.2) is 0 Å². The summed E-state index contributed by atoms with van der Waals surface area (Å²) >= 11 is 0. The van der Waals surface area contributed by atoms with Gasteiger partial charge >= 0.3 is 0 Å². The predicted octanol–water partition coefficient (Wildman–Crippen LogP) is 3.12. The Labute approximate surface area is 108 Å². The molecule has 0 aromatic carbocycles. The number of hydrogen-bond acceptors (Lipinski definition) is 2. The third-order valence-corrected chi connectivity index (χ3v) is 3.91. The topological polar surface area (TPSA) is 29.3 Å². The Morgan fingerprint density at radius 1 is 1.29 bits per heavy atom. The third-order valence-electron chi connectivity index (χ3n) is 3.91. The van der Waals surface area contributed by atoms with Gasteiger partial charge in [-0.1, -0.05) is 34.6 Å². The second-order valence-electron chi connectivity index (χ2n) is 7.32. The summed E-state index contributed by atoms with van der Waals surface area (Å²) in [5, 5.41) is 0. The number of nitrogens with two attached hydrogens (primary N) is 1. The predicted molar refractivity (Wildman–Crippen MR) is 76.0 cm³/mol. The van der Waals surface area contributed by atoms with Crippen molar-refractivity contribution in [3.8, 4) is 0 Å². The van der Waals surface area contributed by atoms with Crippen molar-refractivity contribution in [2.75, 3.05) is 19.6 Å². The first-order chi connectivity index (χ1) is 7.83. The van der Waals surface area contributed by atoms with E-state index < -0.39 is 0 Å². The highest BCUT2D eigenvalue weighted by Gasteiger charge is 2.29. The smallest absolute Gasteiger partial charge is 0.0119 e. The molecule has 0 bridgehead atoms. The van der Waals surface area contributed by atoms with Crippen molar-refractivity contribution < 1.29 is 0 Å². The van der Waals surface area contributed by atoms with Crippen molar-refractivity contribution in [3.63, 3.8) is 0 Å². The van der Waals surface area contributed by atoms with Crippen LogP contribution in [0.1, 0.15) is 53.9 Å². The Hall–Kier alpha value is -0.0800. The van der Waals surface area contributed by atoms with Crippen LogP contribution in [0, 0.1) is 17.3 Å². The summed E-state index contributed by atoms with van der Waals surface area (Å²) < 4.78 is 0. The van der Waals surface area contributed by atoms with Gasteiger partial charge in [-0.2, -0.15) is 0 Å². The van der Waals surface area contributed by atoms with Crippen molar-refractivity contribution >= 4 is 0 Å². The van der Waals surface area contributed by atoms with Gasteiger partial charge in [-0.05, 0) is 49.6 Å². The van der Waals surface area contributed by atoms with E-state index in [0.717, 1.165) is 18.5 Å². The Balaban J connectivity index is 2.50. The van der Waals surface area contributed by atoms with Crippen LogP contribution in [0.15, 0.2) is 0 Å². The molecule has 0 aromatic rings.